The Morgan fingerprint density at radius 1 is 1.15 bits per heavy atom. The third kappa shape index (κ3) is 2.94. The number of para-hydroxylation sites is 1. The summed E-state index contributed by atoms with van der Waals surface area (Å²) in [5, 5.41) is 2.49. The maximum atomic E-state index is 14.4. The lowest BCUT2D eigenvalue weighted by Gasteiger charge is -2.13. The molecule has 0 bridgehead atoms. The van der Waals surface area contributed by atoms with Gasteiger partial charge in [-0.05, 0) is 12.1 Å². The molecule has 0 fully saturated rings. The van der Waals surface area contributed by atoms with Crippen molar-refractivity contribution < 1.29 is 22.3 Å². The maximum Gasteiger partial charge on any atom is 0.326 e. The van der Waals surface area contributed by atoms with Crippen molar-refractivity contribution in [3.8, 4) is 5.75 Å². The van der Waals surface area contributed by atoms with Crippen LogP contribution in [-0.2, 0) is 21.4 Å². The van der Waals surface area contributed by atoms with Crippen LogP contribution in [0.3, 0.4) is 0 Å². The Morgan fingerprint density at radius 3 is 2.42 bits per heavy atom. The molecular formula is C17H18FN3O4S. The summed E-state index contributed by atoms with van der Waals surface area (Å²) in [7, 11) is 0.507. The standard InChI is InChI=1S/C17H18FN3O4S/c1-20-14-9-12(18)13(10-15(14)21(2)26(20,23)24)19-17(22)8-11-6-4-5-7-16(11)25-3/h4-7,9-10H,8H2,1-3H3,(H,19,22). The smallest absolute Gasteiger partial charge is 0.326 e. The van der Waals surface area contributed by atoms with E-state index < -0.39 is 21.9 Å². The van der Waals surface area contributed by atoms with Gasteiger partial charge in [0.2, 0.25) is 5.91 Å². The normalized spacial score (nSPS) is 14.9. The van der Waals surface area contributed by atoms with E-state index in [1.54, 1.807) is 24.3 Å². The zero-order valence-electron chi connectivity index (χ0n) is 14.5. The number of carbonyl (C=O) groups excluding carboxylic acids is 1. The van der Waals surface area contributed by atoms with Crippen molar-refractivity contribution >= 4 is 33.2 Å². The molecule has 0 aliphatic carbocycles. The predicted octanol–water partition coefficient (Wildman–Crippen LogP) is 2.15. The molecule has 1 heterocycles. The van der Waals surface area contributed by atoms with Gasteiger partial charge in [-0.15, -0.1) is 0 Å². The van der Waals surface area contributed by atoms with Crippen molar-refractivity contribution in [1.82, 2.24) is 0 Å². The molecule has 1 aliphatic rings. The molecule has 9 heteroatoms. The lowest BCUT2D eigenvalue weighted by molar-refractivity contribution is -0.115. The summed E-state index contributed by atoms with van der Waals surface area (Å²) in [5.74, 6) is -0.593. The van der Waals surface area contributed by atoms with E-state index in [1.165, 1.54) is 27.3 Å². The predicted molar refractivity (Wildman–Crippen MR) is 97.5 cm³/mol. The first-order valence-electron chi connectivity index (χ1n) is 7.73. The molecule has 0 atom stereocenters. The first-order chi connectivity index (χ1) is 12.3. The van der Waals surface area contributed by atoms with Gasteiger partial charge in [-0.2, -0.15) is 8.42 Å². The molecule has 0 aromatic heterocycles. The Kier molecular flexibility index (Phi) is 4.49. The number of anilines is 3. The van der Waals surface area contributed by atoms with E-state index in [9.17, 15) is 17.6 Å². The van der Waals surface area contributed by atoms with Gasteiger partial charge in [0.05, 0.1) is 30.6 Å². The van der Waals surface area contributed by atoms with E-state index in [-0.39, 0.29) is 17.8 Å². The van der Waals surface area contributed by atoms with Gasteiger partial charge in [0.25, 0.3) is 0 Å². The van der Waals surface area contributed by atoms with Crippen molar-refractivity contribution in [3.63, 3.8) is 0 Å². The number of halogens is 1. The molecule has 0 saturated heterocycles. The quantitative estimate of drug-likeness (QED) is 0.883. The van der Waals surface area contributed by atoms with Crippen LogP contribution in [0.25, 0.3) is 0 Å². The van der Waals surface area contributed by atoms with Crippen molar-refractivity contribution in [2.75, 3.05) is 35.1 Å². The number of nitrogens with one attached hydrogen (secondary N) is 1. The van der Waals surface area contributed by atoms with Crippen LogP contribution in [0.1, 0.15) is 5.56 Å². The molecule has 1 amide bonds. The molecule has 0 unspecified atom stereocenters. The minimum Gasteiger partial charge on any atom is -0.496 e. The zero-order valence-corrected chi connectivity index (χ0v) is 15.3. The number of fused-ring (bicyclic) bond motifs is 1. The monoisotopic (exact) mass is 379 g/mol. The molecule has 26 heavy (non-hydrogen) atoms. The fraction of sp³-hybridized carbons (Fsp3) is 0.235. The topological polar surface area (TPSA) is 79.0 Å². The van der Waals surface area contributed by atoms with Crippen LogP contribution in [0.2, 0.25) is 0 Å². The van der Waals surface area contributed by atoms with Crippen LogP contribution < -0.4 is 18.7 Å². The molecule has 1 N–H and O–H groups in total. The number of benzene rings is 2. The first-order valence-corrected chi connectivity index (χ1v) is 9.13. The van der Waals surface area contributed by atoms with Crippen molar-refractivity contribution in [3.05, 3.63) is 47.8 Å². The van der Waals surface area contributed by atoms with E-state index in [2.05, 4.69) is 5.32 Å². The second-order valence-corrected chi connectivity index (χ2v) is 7.79. The number of hydrogen-bond acceptors (Lipinski definition) is 4. The van der Waals surface area contributed by atoms with Crippen LogP contribution >= 0.6 is 0 Å². The molecule has 0 spiro atoms. The Morgan fingerprint density at radius 2 is 1.77 bits per heavy atom. The zero-order chi connectivity index (χ0) is 19.1. The summed E-state index contributed by atoms with van der Waals surface area (Å²) in [6, 6.07) is 9.44. The van der Waals surface area contributed by atoms with Crippen LogP contribution in [0.4, 0.5) is 21.5 Å². The molecule has 0 saturated carbocycles. The first kappa shape index (κ1) is 18.0. The van der Waals surface area contributed by atoms with Gasteiger partial charge in [0.1, 0.15) is 11.6 Å². The highest BCUT2D eigenvalue weighted by atomic mass is 32.2. The molecule has 138 valence electrons. The third-order valence-electron chi connectivity index (χ3n) is 4.25. The molecular weight excluding hydrogens is 361 g/mol. The van der Waals surface area contributed by atoms with E-state index in [0.717, 1.165) is 14.7 Å². The molecule has 2 aromatic rings. The van der Waals surface area contributed by atoms with Gasteiger partial charge in [-0.25, -0.2) is 4.39 Å². The number of nitrogens with zero attached hydrogens (tertiary/aromatic N) is 2. The number of hydrogen-bond donors (Lipinski definition) is 1. The minimum atomic E-state index is -3.71. The molecule has 1 aliphatic heterocycles. The van der Waals surface area contributed by atoms with Gasteiger partial charge < -0.3 is 10.1 Å². The summed E-state index contributed by atoms with van der Waals surface area (Å²) in [6.07, 6.45) is -0.00538. The average Bonchev–Trinajstić information content (AvgIpc) is 2.76. The van der Waals surface area contributed by atoms with E-state index in [0.29, 0.717) is 17.0 Å². The number of ether oxygens (including phenoxy) is 1. The Hall–Kier alpha value is -2.81. The van der Waals surface area contributed by atoms with Gasteiger partial charge in [0.15, 0.2) is 0 Å². The van der Waals surface area contributed by atoms with Gasteiger partial charge >= 0.3 is 10.2 Å². The van der Waals surface area contributed by atoms with E-state index in [4.69, 9.17) is 4.74 Å². The van der Waals surface area contributed by atoms with Crippen molar-refractivity contribution in [2.45, 2.75) is 6.42 Å². The highest BCUT2D eigenvalue weighted by molar-refractivity contribution is 7.94. The summed E-state index contributed by atoms with van der Waals surface area (Å²) < 4.78 is 45.9. The summed E-state index contributed by atoms with van der Waals surface area (Å²) >= 11 is 0. The van der Waals surface area contributed by atoms with E-state index in [1.807, 2.05) is 0 Å². The second kappa shape index (κ2) is 6.49. The Balaban J connectivity index is 1.86. The third-order valence-corrected chi connectivity index (χ3v) is 6.03. The largest absolute Gasteiger partial charge is 0.496 e. The highest BCUT2D eigenvalue weighted by Gasteiger charge is 2.36. The van der Waals surface area contributed by atoms with E-state index >= 15 is 0 Å². The fourth-order valence-electron chi connectivity index (χ4n) is 2.80. The second-order valence-electron chi connectivity index (χ2n) is 5.80. The lowest BCUT2D eigenvalue weighted by Crippen LogP contribution is -2.32. The number of methoxy groups -OCH3 is 1. The lowest BCUT2D eigenvalue weighted by atomic mass is 10.1. The summed E-state index contributed by atoms with van der Waals surface area (Å²) in [4.78, 5) is 12.3. The van der Waals surface area contributed by atoms with Crippen LogP contribution in [0.15, 0.2) is 36.4 Å². The molecule has 0 radical (unpaired) electrons. The molecule has 7 nitrogen and oxygen atoms in total. The summed E-state index contributed by atoms with van der Waals surface area (Å²) in [6.45, 7) is 0. The average molecular weight is 379 g/mol. The minimum absolute atomic E-state index is 0.00538. The van der Waals surface area contributed by atoms with Crippen molar-refractivity contribution in [2.24, 2.45) is 0 Å². The van der Waals surface area contributed by atoms with Gasteiger partial charge in [-0.1, -0.05) is 18.2 Å². The Labute approximate surface area is 151 Å². The molecule has 2 aromatic carbocycles. The van der Waals surface area contributed by atoms with Gasteiger partial charge in [-0.3, -0.25) is 13.4 Å². The SMILES string of the molecule is COc1ccccc1CC(=O)Nc1cc2c(cc1F)N(C)S(=O)(=O)N2C. The van der Waals surface area contributed by atoms with Gasteiger partial charge in [0, 0.05) is 25.7 Å². The fourth-order valence-corrected chi connectivity index (χ4v) is 3.96. The molecule has 3 rings (SSSR count). The van der Waals surface area contributed by atoms with Crippen LogP contribution in [0, 0.1) is 5.82 Å². The number of carbonyl (C=O) groups is 1. The van der Waals surface area contributed by atoms with Crippen LogP contribution in [-0.4, -0.2) is 35.5 Å². The number of amides is 1. The van der Waals surface area contributed by atoms with Crippen molar-refractivity contribution in [1.29, 1.82) is 0 Å². The Bertz CT molecular complexity index is 978. The number of rotatable bonds is 4. The maximum absolute atomic E-state index is 14.4. The highest BCUT2D eigenvalue weighted by Crippen LogP contribution is 2.41. The summed E-state index contributed by atoms with van der Waals surface area (Å²) in [5.41, 5.74) is 1.09. The van der Waals surface area contributed by atoms with Crippen LogP contribution in [0.5, 0.6) is 5.75 Å².